The van der Waals surface area contributed by atoms with Crippen LogP contribution in [0.3, 0.4) is 0 Å². The first-order chi connectivity index (χ1) is 10.6. The molecule has 0 fully saturated rings. The average molecular weight is 419 g/mol. The van der Waals surface area contributed by atoms with E-state index in [4.69, 9.17) is 4.74 Å². The van der Waals surface area contributed by atoms with Crippen molar-refractivity contribution in [1.82, 2.24) is 0 Å². The molecule has 0 saturated carbocycles. The summed E-state index contributed by atoms with van der Waals surface area (Å²) in [5.41, 5.74) is 0.166. The molecular weight excluding hydrogens is 407 g/mol. The van der Waals surface area contributed by atoms with Crippen LogP contribution in [0.2, 0.25) is 0 Å². The third-order valence-electron chi connectivity index (χ3n) is 2.57. The highest BCUT2D eigenvalue weighted by molar-refractivity contribution is 14.1. The smallest absolute Gasteiger partial charge is 0.387 e. The summed E-state index contributed by atoms with van der Waals surface area (Å²) < 4.78 is 35.2. The zero-order chi connectivity index (χ0) is 15.9. The molecule has 7 heteroatoms. The predicted molar refractivity (Wildman–Crippen MR) is 86.4 cm³/mol. The van der Waals surface area contributed by atoms with E-state index in [2.05, 4.69) is 32.6 Å². The quantitative estimate of drug-likeness (QED) is 0.723. The Hall–Kier alpha value is -1.90. The van der Waals surface area contributed by atoms with Crippen LogP contribution in [0.5, 0.6) is 11.5 Å². The Morgan fingerprint density at radius 1 is 1.09 bits per heavy atom. The highest BCUT2D eigenvalue weighted by Crippen LogP contribution is 2.25. The molecule has 22 heavy (non-hydrogen) atoms. The number of para-hydroxylation sites is 3. The van der Waals surface area contributed by atoms with Crippen LogP contribution < -0.4 is 14.8 Å². The average Bonchev–Trinajstić information content (AvgIpc) is 2.48. The van der Waals surface area contributed by atoms with Gasteiger partial charge >= 0.3 is 6.61 Å². The number of carbonyl (C=O) groups is 1. The Morgan fingerprint density at radius 2 is 1.73 bits per heavy atom. The number of rotatable bonds is 6. The molecule has 0 unspecified atom stereocenters. The second-order valence-electron chi connectivity index (χ2n) is 4.14. The van der Waals surface area contributed by atoms with Crippen molar-refractivity contribution >= 4 is 34.2 Å². The monoisotopic (exact) mass is 419 g/mol. The molecule has 0 radical (unpaired) electrons. The molecule has 2 rings (SSSR count). The number of hydrogen-bond donors (Lipinski definition) is 1. The fourth-order valence-electron chi connectivity index (χ4n) is 1.66. The molecule has 0 spiro atoms. The minimum absolute atomic E-state index is 0.0971. The van der Waals surface area contributed by atoms with Crippen LogP contribution in [0, 0.1) is 3.57 Å². The zero-order valence-corrected chi connectivity index (χ0v) is 13.4. The van der Waals surface area contributed by atoms with Gasteiger partial charge in [-0.25, -0.2) is 0 Å². The molecule has 116 valence electrons. The molecule has 1 amide bonds. The van der Waals surface area contributed by atoms with Gasteiger partial charge in [-0.05, 0) is 46.9 Å². The summed E-state index contributed by atoms with van der Waals surface area (Å²) in [6.07, 6.45) is 0. The van der Waals surface area contributed by atoms with Crippen molar-refractivity contribution in [2.45, 2.75) is 6.61 Å². The molecule has 2 aromatic rings. The largest absolute Gasteiger partial charge is 0.483 e. The summed E-state index contributed by atoms with van der Waals surface area (Å²) >= 11 is 2.09. The zero-order valence-electron chi connectivity index (χ0n) is 11.3. The normalized spacial score (nSPS) is 10.4. The van der Waals surface area contributed by atoms with Gasteiger partial charge in [-0.3, -0.25) is 4.79 Å². The van der Waals surface area contributed by atoms with Gasteiger partial charge in [0.2, 0.25) is 0 Å². The van der Waals surface area contributed by atoms with Gasteiger partial charge in [0.1, 0.15) is 11.5 Å². The Kier molecular flexibility index (Phi) is 5.93. The molecule has 0 aliphatic carbocycles. The number of halogens is 3. The first kappa shape index (κ1) is 16.5. The number of carbonyl (C=O) groups excluding carboxylic acids is 1. The van der Waals surface area contributed by atoms with Crippen molar-refractivity contribution in [1.29, 1.82) is 0 Å². The van der Waals surface area contributed by atoms with E-state index in [1.54, 1.807) is 18.2 Å². The molecule has 2 aromatic carbocycles. The second-order valence-corrected chi connectivity index (χ2v) is 5.30. The van der Waals surface area contributed by atoms with Crippen LogP contribution in [0.15, 0.2) is 48.5 Å². The second kappa shape index (κ2) is 7.92. The van der Waals surface area contributed by atoms with Gasteiger partial charge in [-0.2, -0.15) is 8.78 Å². The lowest BCUT2D eigenvalue weighted by Crippen LogP contribution is -2.21. The molecule has 0 atom stereocenters. The topological polar surface area (TPSA) is 47.6 Å². The van der Waals surface area contributed by atoms with Gasteiger partial charge < -0.3 is 14.8 Å². The lowest BCUT2D eigenvalue weighted by Gasteiger charge is -2.12. The Labute approximate surface area is 139 Å². The van der Waals surface area contributed by atoms with Crippen LogP contribution in [0.25, 0.3) is 0 Å². The maximum Gasteiger partial charge on any atom is 0.387 e. The third-order valence-corrected chi connectivity index (χ3v) is 3.46. The molecular formula is C15H12F2INO3. The van der Waals surface area contributed by atoms with Crippen molar-refractivity contribution in [3.63, 3.8) is 0 Å². The lowest BCUT2D eigenvalue weighted by atomic mass is 10.3. The molecule has 0 heterocycles. The van der Waals surface area contributed by atoms with Gasteiger partial charge in [0.05, 0.1) is 9.26 Å². The molecule has 0 bridgehead atoms. The van der Waals surface area contributed by atoms with Crippen LogP contribution in [0.4, 0.5) is 14.5 Å². The molecule has 0 saturated heterocycles. The maximum absolute atomic E-state index is 12.3. The van der Waals surface area contributed by atoms with E-state index >= 15 is 0 Å². The highest BCUT2D eigenvalue weighted by Gasteiger charge is 2.12. The van der Waals surface area contributed by atoms with Crippen molar-refractivity contribution in [2.75, 3.05) is 11.9 Å². The summed E-state index contributed by atoms with van der Waals surface area (Å²) in [5.74, 6) is 0.0143. The Morgan fingerprint density at radius 3 is 2.41 bits per heavy atom. The summed E-state index contributed by atoms with van der Waals surface area (Å²) in [6.45, 7) is -3.19. The lowest BCUT2D eigenvalue weighted by molar-refractivity contribution is -0.118. The fourth-order valence-corrected chi connectivity index (χ4v) is 2.20. The van der Waals surface area contributed by atoms with Crippen LogP contribution in [-0.2, 0) is 4.79 Å². The Balaban J connectivity index is 1.96. The molecule has 0 aliphatic rings. The van der Waals surface area contributed by atoms with Gasteiger partial charge in [0.25, 0.3) is 5.91 Å². The van der Waals surface area contributed by atoms with Crippen molar-refractivity contribution < 1.29 is 23.0 Å². The number of anilines is 1. The minimum Gasteiger partial charge on any atom is -0.483 e. The van der Waals surface area contributed by atoms with Crippen molar-refractivity contribution in [3.8, 4) is 11.5 Å². The molecule has 4 nitrogen and oxygen atoms in total. The third kappa shape index (κ3) is 4.83. The van der Waals surface area contributed by atoms with E-state index in [0.717, 1.165) is 3.57 Å². The number of benzene rings is 2. The standard InChI is InChI=1S/C15H12F2INO3/c16-15(17)22-13-8-4-2-6-11(13)19-14(20)9-21-12-7-3-1-5-10(12)18/h1-8,15H,9H2,(H,19,20). The van der Waals surface area contributed by atoms with E-state index in [1.807, 2.05) is 12.1 Å². The number of hydrogen-bond acceptors (Lipinski definition) is 3. The summed E-state index contributed by atoms with van der Waals surface area (Å²) in [4.78, 5) is 11.9. The fraction of sp³-hybridized carbons (Fsp3) is 0.133. The maximum atomic E-state index is 12.3. The van der Waals surface area contributed by atoms with Crippen molar-refractivity contribution in [2.24, 2.45) is 0 Å². The van der Waals surface area contributed by atoms with Crippen LogP contribution in [-0.4, -0.2) is 19.1 Å². The van der Waals surface area contributed by atoms with E-state index in [0.29, 0.717) is 5.75 Å². The molecule has 0 aromatic heterocycles. The van der Waals surface area contributed by atoms with Crippen LogP contribution in [0.1, 0.15) is 0 Å². The number of ether oxygens (including phenoxy) is 2. The predicted octanol–water partition coefficient (Wildman–Crippen LogP) is 3.91. The summed E-state index contributed by atoms with van der Waals surface area (Å²) in [7, 11) is 0. The summed E-state index contributed by atoms with van der Waals surface area (Å²) in [5, 5.41) is 2.48. The molecule has 1 N–H and O–H groups in total. The number of amides is 1. The Bertz CT molecular complexity index is 652. The van der Waals surface area contributed by atoms with Gasteiger partial charge in [0, 0.05) is 0 Å². The van der Waals surface area contributed by atoms with Crippen LogP contribution >= 0.6 is 22.6 Å². The SMILES string of the molecule is O=C(COc1ccccc1I)Nc1ccccc1OC(F)F. The van der Waals surface area contributed by atoms with E-state index in [9.17, 15) is 13.6 Å². The van der Waals surface area contributed by atoms with Gasteiger partial charge in [0.15, 0.2) is 6.61 Å². The van der Waals surface area contributed by atoms with Gasteiger partial charge in [-0.1, -0.05) is 24.3 Å². The van der Waals surface area contributed by atoms with E-state index < -0.39 is 12.5 Å². The number of alkyl halides is 2. The van der Waals surface area contributed by atoms with Gasteiger partial charge in [-0.15, -0.1) is 0 Å². The first-order valence-electron chi connectivity index (χ1n) is 6.27. The summed E-state index contributed by atoms with van der Waals surface area (Å²) in [6, 6.07) is 13.2. The van der Waals surface area contributed by atoms with E-state index in [1.165, 1.54) is 18.2 Å². The van der Waals surface area contributed by atoms with Crippen molar-refractivity contribution in [3.05, 3.63) is 52.1 Å². The number of nitrogens with one attached hydrogen (secondary N) is 1. The molecule has 0 aliphatic heterocycles. The minimum atomic E-state index is -2.96. The van der Waals surface area contributed by atoms with E-state index in [-0.39, 0.29) is 18.0 Å². The first-order valence-corrected chi connectivity index (χ1v) is 7.35. The highest BCUT2D eigenvalue weighted by atomic mass is 127.